The van der Waals surface area contributed by atoms with Gasteiger partial charge in [0.15, 0.2) is 17.2 Å². The van der Waals surface area contributed by atoms with Crippen LogP contribution in [0.25, 0.3) is 0 Å². The SMILES string of the molecule is Cc1ccc2c(c1)Oc1ccnnc1O2. The van der Waals surface area contributed by atoms with Gasteiger partial charge in [-0.05, 0) is 24.6 Å². The molecule has 1 aliphatic rings. The maximum atomic E-state index is 5.63. The topological polar surface area (TPSA) is 44.2 Å². The van der Waals surface area contributed by atoms with Gasteiger partial charge in [0.1, 0.15) is 0 Å². The molecular weight excluding hydrogens is 192 g/mol. The summed E-state index contributed by atoms with van der Waals surface area (Å²) in [7, 11) is 0. The van der Waals surface area contributed by atoms with E-state index in [4.69, 9.17) is 9.47 Å². The first kappa shape index (κ1) is 8.23. The van der Waals surface area contributed by atoms with Crippen LogP contribution in [0.5, 0.6) is 23.1 Å². The van der Waals surface area contributed by atoms with Crippen molar-refractivity contribution in [2.24, 2.45) is 0 Å². The van der Waals surface area contributed by atoms with E-state index in [0.717, 1.165) is 11.3 Å². The zero-order valence-electron chi connectivity index (χ0n) is 8.10. The third-order valence-corrected chi connectivity index (χ3v) is 2.18. The zero-order valence-corrected chi connectivity index (χ0v) is 8.10. The van der Waals surface area contributed by atoms with Crippen LogP contribution < -0.4 is 9.47 Å². The molecule has 0 bridgehead atoms. The smallest absolute Gasteiger partial charge is 0.282 e. The minimum Gasteiger partial charge on any atom is -0.448 e. The molecule has 0 radical (unpaired) electrons. The summed E-state index contributed by atoms with van der Waals surface area (Å²) in [6.07, 6.45) is 1.57. The van der Waals surface area contributed by atoms with Crippen LogP contribution in [0.1, 0.15) is 5.56 Å². The Morgan fingerprint density at radius 2 is 1.93 bits per heavy atom. The number of aromatic nitrogens is 2. The molecule has 3 rings (SSSR count). The quantitative estimate of drug-likeness (QED) is 0.559. The molecule has 0 saturated carbocycles. The fourth-order valence-corrected chi connectivity index (χ4v) is 1.46. The fourth-order valence-electron chi connectivity index (χ4n) is 1.46. The molecule has 0 atom stereocenters. The van der Waals surface area contributed by atoms with Crippen molar-refractivity contribution in [1.29, 1.82) is 0 Å². The van der Waals surface area contributed by atoms with Gasteiger partial charge in [-0.15, -0.1) is 5.10 Å². The van der Waals surface area contributed by atoms with Gasteiger partial charge in [-0.25, -0.2) is 0 Å². The van der Waals surface area contributed by atoms with Gasteiger partial charge in [0.25, 0.3) is 5.88 Å². The van der Waals surface area contributed by atoms with E-state index in [1.807, 2.05) is 25.1 Å². The number of rotatable bonds is 0. The van der Waals surface area contributed by atoms with E-state index in [2.05, 4.69) is 10.2 Å². The van der Waals surface area contributed by atoms with E-state index in [1.165, 1.54) is 0 Å². The Morgan fingerprint density at radius 3 is 2.87 bits per heavy atom. The molecule has 1 aromatic heterocycles. The second-order valence-electron chi connectivity index (χ2n) is 3.35. The molecule has 0 unspecified atom stereocenters. The Labute approximate surface area is 86.5 Å². The molecule has 2 heterocycles. The first-order chi connectivity index (χ1) is 7.33. The molecule has 0 N–H and O–H groups in total. The molecule has 1 aromatic carbocycles. The molecule has 15 heavy (non-hydrogen) atoms. The number of hydrogen-bond donors (Lipinski definition) is 0. The largest absolute Gasteiger partial charge is 0.448 e. The molecule has 0 spiro atoms. The summed E-state index contributed by atoms with van der Waals surface area (Å²) in [5, 5.41) is 7.58. The van der Waals surface area contributed by atoms with Crippen molar-refractivity contribution < 1.29 is 9.47 Å². The van der Waals surface area contributed by atoms with Crippen molar-refractivity contribution in [2.45, 2.75) is 6.92 Å². The predicted octanol–water partition coefficient (Wildman–Crippen LogP) is 2.68. The van der Waals surface area contributed by atoms with E-state index in [9.17, 15) is 0 Å². The first-order valence-electron chi connectivity index (χ1n) is 4.61. The molecule has 0 amide bonds. The van der Waals surface area contributed by atoms with Crippen molar-refractivity contribution in [1.82, 2.24) is 10.2 Å². The van der Waals surface area contributed by atoms with E-state index >= 15 is 0 Å². The summed E-state index contributed by atoms with van der Waals surface area (Å²) in [5.74, 6) is 2.40. The molecule has 74 valence electrons. The summed E-state index contributed by atoms with van der Waals surface area (Å²) in [5.41, 5.74) is 1.13. The van der Waals surface area contributed by atoms with Crippen LogP contribution in [0, 0.1) is 6.92 Å². The minimum atomic E-state index is 0.411. The molecule has 4 heteroatoms. The van der Waals surface area contributed by atoms with E-state index in [0.29, 0.717) is 17.4 Å². The molecule has 1 aliphatic heterocycles. The number of nitrogens with zero attached hydrogens (tertiary/aromatic N) is 2. The van der Waals surface area contributed by atoms with Crippen LogP contribution >= 0.6 is 0 Å². The Hall–Kier alpha value is -2.10. The van der Waals surface area contributed by atoms with Crippen molar-refractivity contribution in [3.05, 3.63) is 36.0 Å². The van der Waals surface area contributed by atoms with Crippen LogP contribution in [0.4, 0.5) is 0 Å². The minimum absolute atomic E-state index is 0.411. The summed E-state index contributed by atoms with van der Waals surface area (Å²) >= 11 is 0. The first-order valence-corrected chi connectivity index (χ1v) is 4.61. The average molecular weight is 200 g/mol. The lowest BCUT2D eigenvalue weighted by Gasteiger charge is -2.18. The zero-order chi connectivity index (χ0) is 10.3. The molecule has 0 saturated heterocycles. The molecule has 4 nitrogen and oxygen atoms in total. The number of ether oxygens (including phenoxy) is 2. The number of hydrogen-bond acceptors (Lipinski definition) is 4. The second-order valence-corrected chi connectivity index (χ2v) is 3.35. The van der Waals surface area contributed by atoms with Crippen LogP contribution in [0.15, 0.2) is 30.5 Å². The summed E-state index contributed by atoms with van der Waals surface area (Å²) < 4.78 is 11.2. The lowest BCUT2D eigenvalue weighted by molar-refractivity contribution is 0.343. The lowest BCUT2D eigenvalue weighted by Crippen LogP contribution is -2.01. The predicted molar refractivity (Wildman–Crippen MR) is 53.4 cm³/mol. The maximum Gasteiger partial charge on any atom is 0.282 e. The fraction of sp³-hybridized carbons (Fsp3) is 0.0909. The standard InChI is InChI=1S/C11H8N2O2/c1-7-2-3-8-10(6-7)14-9-4-5-12-13-11(9)15-8/h2-6H,1H3. The van der Waals surface area contributed by atoms with E-state index in [-0.39, 0.29) is 0 Å². The summed E-state index contributed by atoms with van der Waals surface area (Å²) in [6.45, 7) is 2.00. The van der Waals surface area contributed by atoms with Gasteiger partial charge >= 0.3 is 0 Å². The van der Waals surface area contributed by atoms with Gasteiger partial charge in [-0.2, -0.15) is 5.10 Å². The number of fused-ring (bicyclic) bond motifs is 2. The third-order valence-electron chi connectivity index (χ3n) is 2.18. The van der Waals surface area contributed by atoms with Gasteiger partial charge in [-0.3, -0.25) is 0 Å². The van der Waals surface area contributed by atoms with Gasteiger partial charge in [0.05, 0.1) is 6.20 Å². The van der Waals surface area contributed by atoms with Crippen molar-refractivity contribution in [3.63, 3.8) is 0 Å². The Balaban J connectivity index is 2.11. The molecule has 2 aromatic rings. The number of benzene rings is 1. The summed E-state index contributed by atoms with van der Waals surface area (Å²) in [4.78, 5) is 0. The van der Waals surface area contributed by atoms with Crippen LogP contribution in [0.2, 0.25) is 0 Å². The van der Waals surface area contributed by atoms with Gasteiger partial charge in [0.2, 0.25) is 0 Å². The van der Waals surface area contributed by atoms with E-state index in [1.54, 1.807) is 12.3 Å². The molecule has 0 aliphatic carbocycles. The van der Waals surface area contributed by atoms with Crippen molar-refractivity contribution in [3.8, 4) is 23.1 Å². The lowest BCUT2D eigenvalue weighted by atomic mass is 10.2. The Morgan fingerprint density at radius 1 is 1.00 bits per heavy atom. The summed E-state index contributed by atoms with van der Waals surface area (Å²) in [6, 6.07) is 7.48. The highest BCUT2D eigenvalue weighted by Crippen LogP contribution is 2.43. The Bertz CT molecular complexity index is 526. The average Bonchev–Trinajstić information content (AvgIpc) is 2.26. The highest BCUT2D eigenvalue weighted by Gasteiger charge is 2.19. The normalized spacial score (nSPS) is 12.1. The van der Waals surface area contributed by atoms with Crippen LogP contribution in [0.3, 0.4) is 0 Å². The van der Waals surface area contributed by atoms with Crippen LogP contribution in [-0.4, -0.2) is 10.2 Å². The third kappa shape index (κ3) is 1.30. The second kappa shape index (κ2) is 2.95. The van der Waals surface area contributed by atoms with Gasteiger partial charge in [-0.1, -0.05) is 6.07 Å². The van der Waals surface area contributed by atoms with E-state index < -0.39 is 0 Å². The maximum absolute atomic E-state index is 5.63. The monoisotopic (exact) mass is 200 g/mol. The van der Waals surface area contributed by atoms with Crippen molar-refractivity contribution in [2.75, 3.05) is 0 Å². The van der Waals surface area contributed by atoms with Gasteiger partial charge in [0, 0.05) is 6.07 Å². The van der Waals surface area contributed by atoms with Gasteiger partial charge < -0.3 is 9.47 Å². The Kier molecular flexibility index (Phi) is 1.62. The van der Waals surface area contributed by atoms with Crippen LogP contribution in [-0.2, 0) is 0 Å². The van der Waals surface area contributed by atoms with Crippen molar-refractivity contribution >= 4 is 0 Å². The number of aryl methyl sites for hydroxylation is 1. The highest BCUT2D eigenvalue weighted by molar-refractivity contribution is 5.52. The molecular formula is C11H8N2O2. The highest BCUT2D eigenvalue weighted by atomic mass is 16.6. The molecule has 0 fully saturated rings.